The van der Waals surface area contributed by atoms with E-state index >= 15 is 0 Å². The summed E-state index contributed by atoms with van der Waals surface area (Å²) in [5.41, 5.74) is 1.08. The molecule has 3 heteroatoms. The van der Waals surface area contributed by atoms with Gasteiger partial charge in [0.1, 0.15) is 0 Å². The lowest BCUT2D eigenvalue weighted by atomic mass is 9.98. The second-order valence-corrected chi connectivity index (χ2v) is 6.79. The molecule has 0 aromatic heterocycles. The van der Waals surface area contributed by atoms with E-state index in [4.69, 9.17) is 0 Å². The van der Waals surface area contributed by atoms with Crippen molar-refractivity contribution in [2.24, 2.45) is 0 Å². The number of rotatable bonds is 3. The second-order valence-electron chi connectivity index (χ2n) is 4.53. The normalized spacial score (nSPS) is 18.5. The molecular weight excluding hydrogens is 232 g/mol. The van der Waals surface area contributed by atoms with Gasteiger partial charge in [-0.15, -0.1) is 0 Å². The Morgan fingerprint density at radius 2 is 1.82 bits per heavy atom. The van der Waals surface area contributed by atoms with Crippen LogP contribution in [0.2, 0.25) is 0 Å². The van der Waals surface area contributed by atoms with E-state index in [0.29, 0.717) is 4.90 Å². The third-order valence-corrected chi connectivity index (χ3v) is 5.55. The van der Waals surface area contributed by atoms with Crippen LogP contribution < -0.4 is 0 Å². The van der Waals surface area contributed by atoms with Crippen LogP contribution in [0.5, 0.6) is 0 Å². The number of sulfone groups is 1. The lowest BCUT2D eigenvalue weighted by molar-refractivity contribution is 0.583. The fourth-order valence-electron chi connectivity index (χ4n) is 2.25. The monoisotopic (exact) mass is 250 g/mol. The van der Waals surface area contributed by atoms with E-state index in [1.54, 1.807) is 31.2 Å². The van der Waals surface area contributed by atoms with Crippen LogP contribution in [0.15, 0.2) is 46.9 Å². The Hall–Kier alpha value is -1.09. The van der Waals surface area contributed by atoms with Gasteiger partial charge in [0.25, 0.3) is 0 Å². The molecule has 17 heavy (non-hydrogen) atoms. The van der Waals surface area contributed by atoms with Gasteiger partial charge >= 0.3 is 0 Å². The average Bonchev–Trinajstić information content (AvgIpc) is 2.40. The first-order valence-electron chi connectivity index (χ1n) is 6.10. The van der Waals surface area contributed by atoms with Gasteiger partial charge in [0.2, 0.25) is 0 Å². The Morgan fingerprint density at radius 3 is 2.41 bits per heavy atom. The molecular formula is C14H18O2S. The molecule has 0 aliphatic heterocycles. The predicted octanol–water partition coefficient (Wildman–Crippen LogP) is 3.35. The SMILES string of the molecule is CC(C1=CCCCC1)S(=O)(=O)c1ccccc1. The third kappa shape index (κ3) is 2.60. The zero-order chi connectivity index (χ0) is 12.3. The van der Waals surface area contributed by atoms with Gasteiger partial charge in [-0.2, -0.15) is 0 Å². The van der Waals surface area contributed by atoms with Gasteiger partial charge in [-0.25, -0.2) is 8.42 Å². The number of allylic oxidation sites excluding steroid dienone is 1. The van der Waals surface area contributed by atoms with Gasteiger partial charge in [-0.05, 0) is 44.7 Å². The summed E-state index contributed by atoms with van der Waals surface area (Å²) < 4.78 is 24.8. The summed E-state index contributed by atoms with van der Waals surface area (Å²) in [7, 11) is -3.21. The van der Waals surface area contributed by atoms with Gasteiger partial charge in [-0.1, -0.05) is 29.8 Å². The maximum atomic E-state index is 12.4. The number of benzene rings is 1. The van der Waals surface area contributed by atoms with Gasteiger partial charge in [-0.3, -0.25) is 0 Å². The molecule has 0 radical (unpaired) electrons. The molecule has 1 aromatic rings. The van der Waals surface area contributed by atoms with Crippen molar-refractivity contribution >= 4 is 9.84 Å². The van der Waals surface area contributed by atoms with Crippen LogP contribution in [-0.4, -0.2) is 13.7 Å². The zero-order valence-corrected chi connectivity index (χ0v) is 10.9. The van der Waals surface area contributed by atoms with Gasteiger partial charge < -0.3 is 0 Å². The standard InChI is InChI=1S/C14H18O2S/c1-12(13-8-4-2-5-9-13)17(15,16)14-10-6-3-7-11-14/h3,6-8,10-12H,2,4-5,9H2,1H3. The molecule has 0 N–H and O–H groups in total. The predicted molar refractivity (Wildman–Crippen MR) is 69.6 cm³/mol. The molecule has 0 fully saturated rings. The van der Waals surface area contributed by atoms with Gasteiger partial charge in [0.05, 0.1) is 10.1 Å². The number of hydrogen-bond acceptors (Lipinski definition) is 2. The Morgan fingerprint density at radius 1 is 1.12 bits per heavy atom. The Labute approximate surface area is 103 Å². The molecule has 0 heterocycles. The second kappa shape index (κ2) is 5.05. The maximum absolute atomic E-state index is 12.4. The van der Waals surface area contributed by atoms with Crippen molar-refractivity contribution in [3.8, 4) is 0 Å². The van der Waals surface area contributed by atoms with Crippen LogP contribution in [-0.2, 0) is 9.84 Å². The van der Waals surface area contributed by atoms with Crippen molar-refractivity contribution in [2.75, 3.05) is 0 Å². The molecule has 1 aliphatic carbocycles. The molecule has 0 amide bonds. The largest absolute Gasteiger partial charge is 0.223 e. The van der Waals surface area contributed by atoms with Crippen molar-refractivity contribution < 1.29 is 8.42 Å². The molecule has 2 rings (SSSR count). The quantitative estimate of drug-likeness (QED) is 0.771. The average molecular weight is 250 g/mol. The highest BCUT2D eigenvalue weighted by Crippen LogP contribution is 2.27. The number of hydrogen-bond donors (Lipinski definition) is 0. The summed E-state index contributed by atoms with van der Waals surface area (Å²) in [6, 6.07) is 8.73. The van der Waals surface area contributed by atoms with Crippen molar-refractivity contribution in [1.82, 2.24) is 0 Å². The minimum absolute atomic E-state index is 0.384. The van der Waals surface area contributed by atoms with Crippen LogP contribution >= 0.6 is 0 Å². The van der Waals surface area contributed by atoms with Gasteiger partial charge in [0.15, 0.2) is 9.84 Å². The van der Waals surface area contributed by atoms with E-state index in [1.165, 1.54) is 6.42 Å². The van der Waals surface area contributed by atoms with E-state index in [0.717, 1.165) is 24.8 Å². The Bertz CT molecular complexity index is 500. The summed E-state index contributed by atoms with van der Waals surface area (Å²) in [5, 5.41) is -0.384. The fraction of sp³-hybridized carbons (Fsp3) is 0.429. The van der Waals surface area contributed by atoms with E-state index in [9.17, 15) is 8.42 Å². The lowest BCUT2D eigenvalue weighted by Crippen LogP contribution is -2.21. The Kier molecular flexibility index (Phi) is 3.67. The summed E-state index contributed by atoms with van der Waals surface area (Å²) in [6.45, 7) is 1.81. The molecule has 92 valence electrons. The minimum Gasteiger partial charge on any atom is -0.223 e. The van der Waals surface area contributed by atoms with E-state index in [2.05, 4.69) is 6.08 Å². The third-order valence-electron chi connectivity index (χ3n) is 3.39. The Balaban J connectivity index is 2.30. The first kappa shape index (κ1) is 12.4. The highest BCUT2D eigenvalue weighted by molar-refractivity contribution is 7.92. The lowest BCUT2D eigenvalue weighted by Gasteiger charge is -2.20. The summed E-state index contributed by atoms with van der Waals surface area (Å²) in [4.78, 5) is 0.430. The van der Waals surface area contributed by atoms with Crippen LogP contribution in [0.4, 0.5) is 0 Å². The molecule has 0 saturated carbocycles. The van der Waals surface area contributed by atoms with Crippen molar-refractivity contribution in [3.05, 3.63) is 42.0 Å². The molecule has 0 bridgehead atoms. The van der Waals surface area contributed by atoms with Crippen LogP contribution in [0, 0.1) is 0 Å². The molecule has 1 aromatic carbocycles. The van der Waals surface area contributed by atoms with Crippen molar-refractivity contribution in [2.45, 2.75) is 42.8 Å². The summed E-state index contributed by atoms with van der Waals surface area (Å²) >= 11 is 0. The van der Waals surface area contributed by atoms with Crippen molar-refractivity contribution in [1.29, 1.82) is 0 Å². The molecule has 0 spiro atoms. The molecule has 2 nitrogen and oxygen atoms in total. The zero-order valence-electron chi connectivity index (χ0n) is 10.1. The minimum atomic E-state index is -3.21. The maximum Gasteiger partial charge on any atom is 0.184 e. The molecule has 1 atom stereocenters. The first-order chi connectivity index (χ1) is 8.12. The van der Waals surface area contributed by atoms with E-state index in [-0.39, 0.29) is 5.25 Å². The summed E-state index contributed by atoms with van der Waals surface area (Å²) in [6.07, 6.45) is 6.34. The van der Waals surface area contributed by atoms with Crippen LogP contribution in [0.25, 0.3) is 0 Å². The molecule has 1 unspecified atom stereocenters. The van der Waals surface area contributed by atoms with Crippen molar-refractivity contribution in [3.63, 3.8) is 0 Å². The van der Waals surface area contributed by atoms with E-state index < -0.39 is 9.84 Å². The summed E-state index contributed by atoms with van der Waals surface area (Å²) in [5.74, 6) is 0. The molecule has 0 saturated heterocycles. The first-order valence-corrected chi connectivity index (χ1v) is 7.65. The van der Waals surface area contributed by atoms with Gasteiger partial charge in [0, 0.05) is 0 Å². The van der Waals surface area contributed by atoms with Crippen LogP contribution in [0.3, 0.4) is 0 Å². The highest BCUT2D eigenvalue weighted by Gasteiger charge is 2.26. The van der Waals surface area contributed by atoms with Crippen LogP contribution in [0.1, 0.15) is 32.6 Å². The van der Waals surface area contributed by atoms with E-state index in [1.807, 2.05) is 6.07 Å². The smallest absolute Gasteiger partial charge is 0.184 e. The highest BCUT2D eigenvalue weighted by atomic mass is 32.2. The topological polar surface area (TPSA) is 34.1 Å². The molecule has 1 aliphatic rings. The fourth-order valence-corrected chi connectivity index (χ4v) is 3.80.